The van der Waals surface area contributed by atoms with Crippen LogP contribution in [0.4, 0.5) is 13.2 Å². The Kier molecular flexibility index (Phi) is 6.28. The molecule has 0 unspecified atom stereocenters. The lowest BCUT2D eigenvalue weighted by atomic mass is 10.3. The summed E-state index contributed by atoms with van der Waals surface area (Å²) in [6.07, 6.45) is 4.77. The summed E-state index contributed by atoms with van der Waals surface area (Å²) in [5, 5.41) is 0. The van der Waals surface area contributed by atoms with Crippen LogP contribution >= 0.6 is 12.2 Å². The lowest BCUT2D eigenvalue weighted by Crippen LogP contribution is -2.49. The summed E-state index contributed by atoms with van der Waals surface area (Å²) in [5.74, 6) is -4.90. The van der Waals surface area contributed by atoms with Crippen LogP contribution in [0.3, 0.4) is 0 Å². The zero-order valence-electron chi connectivity index (χ0n) is 15.3. The van der Waals surface area contributed by atoms with Crippen molar-refractivity contribution in [3.63, 3.8) is 0 Å². The number of halogens is 3. The quantitative estimate of drug-likeness (QED) is 0.518. The predicted molar refractivity (Wildman–Crippen MR) is 100 cm³/mol. The average Bonchev–Trinajstić information content (AvgIpc) is 3.00. The van der Waals surface area contributed by atoms with Crippen molar-refractivity contribution in [2.75, 3.05) is 26.2 Å². The van der Waals surface area contributed by atoms with E-state index in [9.17, 15) is 21.6 Å². The van der Waals surface area contributed by atoms with Gasteiger partial charge >= 0.3 is 0 Å². The first-order valence-corrected chi connectivity index (χ1v) is 10.7. The van der Waals surface area contributed by atoms with Gasteiger partial charge in [0.2, 0.25) is 10.0 Å². The summed E-state index contributed by atoms with van der Waals surface area (Å²) in [6.45, 7) is 4.46. The highest BCUT2D eigenvalue weighted by molar-refractivity contribution is 7.89. The van der Waals surface area contributed by atoms with Crippen molar-refractivity contribution in [1.29, 1.82) is 0 Å². The van der Waals surface area contributed by atoms with Gasteiger partial charge in [0.1, 0.15) is 4.90 Å². The van der Waals surface area contributed by atoms with Crippen molar-refractivity contribution < 1.29 is 21.6 Å². The van der Waals surface area contributed by atoms with Crippen molar-refractivity contribution in [1.82, 2.24) is 18.3 Å². The zero-order chi connectivity index (χ0) is 20.5. The molecular formula is C17H21F3N4O2S2. The van der Waals surface area contributed by atoms with E-state index in [0.29, 0.717) is 30.6 Å². The van der Waals surface area contributed by atoms with Gasteiger partial charge in [-0.25, -0.2) is 21.6 Å². The standard InChI is InChI=1S/C17H21F3N4O2S2/c1-2-5-22-8-9-23(17(22)27)12-21-6-10-24(11-7-21)28(25,26)14-4-3-13(18)15(19)16(14)20/h3-4,8-9H,2,5-7,10-12H2,1H3. The third-order valence-corrected chi connectivity index (χ3v) is 7.07. The number of benzene rings is 1. The predicted octanol–water partition coefficient (Wildman–Crippen LogP) is 2.81. The van der Waals surface area contributed by atoms with Crippen LogP contribution in [0, 0.1) is 22.2 Å². The van der Waals surface area contributed by atoms with Gasteiger partial charge in [0.25, 0.3) is 0 Å². The van der Waals surface area contributed by atoms with E-state index in [1.807, 2.05) is 26.4 Å². The Hall–Kier alpha value is -1.69. The van der Waals surface area contributed by atoms with E-state index in [4.69, 9.17) is 12.2 Å². The number of hydrogen-bond donors (Lipinski definition) is 0. The van der Waals surface area contributed by atoms with Gasteiger partial charge in [-0.15, -0.1) is 0 Å². The summed E-state index contributed by atoms with van der Waals surface area (Å²) in [4.78, 5) is 1.18. The van der Waals surface area contributed by atoms with Crippen LogP contribution in [-0.2, 0) is 23.2 Å². The van der Waals surface area contributed by atoms with Crippen molar-refractivity contribution in [2.24, 2.45) is 0 Å². The second kappa shape index (κ2) is 8.36. The highest BCUT2D eigenvalue weighted by atomic mass is 32.2. The Bertz CT molecular complexity index is 1010. The van der Waals surface area contributed by atoms with Gasteiger partial charge < -0.3 is 9.13 Å². The molecule has 0 amide bonds. The SMILES string of the molecule is CCCn1ccn(CN2CCN(S(=O)(=O)c3ccc(F)c(F)c3F)CC2)c1=S. The van der Waals surface area contributed by atoms with Crippen LogP contribution in [0.15, 0.2) is 29.4 Å². The molecule has 0 radical (unpaired) electrons. The molecule has 0 saturated carbocycles. The lowest BCUT2D eigenvalue weighted by Gasteiger charge is -2.34. The number of imidazole rings is 1. The molecule has 1 aromatic heterocycles. The number of aryl methyl sites for hydroxylation is 1. The van der Waals surface area contributed by atoms with E-state index in [1.54, 1.807) is 0 Å². The minimum absolute atomic E-state index is 0.115. The first-order valence-electron chi connectivity index (χ1n) is 8.87. The van der Waals surface area contributed by atoms with Gasteiger partial charge in [-0.05, 0) is 30.8 Å². The molecule has 0 N–H and O–H groups in total. The molecule has 0 spiro atoms. The molecule has 3 rings (SSSR count). The number of piperazine rings is 1. The van der Waals surface area contributed by atoms with Crippen molar-refractivity contribution in [2.45, 2.75) is 31.5 Å². The molecule has 1 saturated heterocycles. The molecular weight excluding hydrogens is 413 g/mol. The molecule has 1 fully saturated rings. The first kappa shape index (κ1) is 21.0. The molecule has 2 aromatic rings. The number of sulfonamides is 1. The Morgan fingerprint density at radius 3 is 2.29 bits per heavy atom. The molecule has 11 heteroatoms. The van der Waals surface area contributed by atoms with Crippen LogP contribution in [0.1, 0.15) is 13.3 Å². The molecule has 1 aromatic carbocycles. The fourth-order valence-corrected chi connectivity index (χ4v) is 4.89. The smallest absolute Gasteiger partial charge is 0.246 e. The van der Waals surface area contributed by atoms with Crippen molar-refractivity contribution >= 4 is 22.2 Å². The number of aromatic nitrogens is 2. The molecule has 0 atom stereocenters. The lowest BCUT2D eigenvalue weighted by molar-refractivity contribution is 0.151. The van der Waals surface area contributed by atoms with Crippen molar-refractivity contribution in [3.8, 4) is 0 Å². The molecule has 1 aliphatic rings. The third-order valence-electron chi connectivity index (χ3n) is 4.68. The summed E-state index contributed by atoms with van der Waals surface area (Å²) < 4.78 is 71.4. The van der Waals surface area contributed by atoms with Gasteiger partial charge in [-0.2, -0.15) is 4.31 Å². The van der Waals surface area contributed by atoms with Gasteiger partial charge in [0.05, 0.1) is 6.67 Å². The van der Waals surface area contributed by atoms with Crippen LogP contribution in [0.25, 0.3) is 0 Å². The van der Waals surface area contributed by atoms with Gasteiger partial charge in [-0.3, -0.25) is 4.90 Å². The van der Waals surface area contributed by atoms with E-state index < -0.39 is 32.4 Å². The summed E-state index contributed by atoms with van der Waals surface area (Å²) in [7, 11) is -4.25. The van der Waals surface area contributed by atoms with Crippen LogP contribution in [0.2, 0.25) is 0 Å². The molecule has 28 heavy (non-hydrogen) atoms. The minimum Gasteiger partial charge on any atom is -0.324 e. The second-order valence-corrected chi connectivity index (χ2v) is 8.85. The Balaban J connectivity index is 1.68. The van der Waals surface area contributed by atoms with E-state index >= 15 is 0 Å². The Morgan fingerprint density at radius 2 is 1.64 bits per heavy atom. The largest absolute Gasteiger partial charge is 0.324 e. The van der Waals surface area contributed by atoms with Crippen LogP contribution in [-0.4, -0.2) is 52.9 Å². The maximum atomic E-state index is 13.9. The highest BCUT2D eigenvalue weighted by Gasteiger charge is 2.32. The fraction of sp³-hybridized carbons (Fsp3) is 0.471. The molecule has 6 nitrogen and oxygen atoms in total. The summed E-state index contributed by atoms with van der Waals surface area (Å²) in [5.41, 5.74) is 0. The fourth-order valence-electron chi connectivity index (χ4n) is 3.15. The topological polar surface area (TPSA) is 50.5 Å². The van der Waals surface area contributed by atoms with E-state index in [0.717, 1.165) is 23.3 Å². The van der Waals surface area contributed by atoms with Crippen LogP contribution < -0.4 is 0 Å². The van der Waals surface area contributed by atoms with Crippen LogP contribution in [0.5, 0.6) is 0 Å². The number of nitrogens with zero attached hydrogens (tertiary/aromatic N) is 4. The minimum atomic E-state index is -4.25. The second-order valence-electron chi connectivity index (χ2n) is 6.58. The first-order chi connectivity index (χ1) is 13.3. The molecule has 0 bridgehead atoms. The highest BCUT2D eigenvalue weighted by Crippen LogP contribution is 2.24. The van der Waals surface area contributed by atoms with Gasteiger partial charge in [0, 0.05) is 45.1 Å². The summed E-state index contributed by atoms with van der Waals surface area (Å²) >= 11 is 5.43. The van der Waals surface area contributed by atoms with E-state index in [1.165, 1.54) is 0 Å². The monoisotopic (exact) mass is 434 g/mol. The molecule has 154 valence electrons. The Labute approximate surface area is 166 Å². The third kappa shape index (κ3) is 4.02. The zero-order valence-corrected chi connectivity index (χ0v) is 16.9. The average molecular weight is 435 g/mol. The molecule has 0 aliphatic carbocycles. The molecule has 1 aliphatic heterocycles. The number of rotatable bonds is 6. The Morgan fingerprint density at radius 1 is 1.00 bits per heavy atom. The van der Waals surface area contributed by atoms with Gasteiger partial charge in [-0.1, -0.05) is 6.92 Å². The molecule has 2 heterocycles. The van der Waals surface area contributed by atoms with Crippen molar-refractivity contribution in [3.05, 3.63) is 46.7 Å². The normalized spacial score (nSPS) is 16.6. The maximum Gasteiger partial charge on any atom is 0.246 e. The maximum absolute atomic E-state index is 13.9. The number of hydrogen-bond acceptors (Lipinski definition) is 4. The van der Waals surface area contributed by atoms with E-state index in [2.05, 4.69) is 6.92 Å². The van der Waals surface area contributed by atoms with Gasteiger partial charge in [0.15, 0.2) is 22.2 Å². The summed E-state index contributed by atoms with van der Waals surface area (Å²) in [6, 6.07) is 1.37. The van der Waals surface area contributed by atoms with E-state index in [-0.39, 0.29) is 13.1 Å².